The standard InChI is InChI=1S/C24H20.C15H14/c1-16-13-14-19-17(7-6-12-18(16)19)15-24-22-10-4-2-8-20(22)21-9-3-5-11-23(21)24;1-2-6-12(5-1)11-14-9-3-7-13-8-4-10-15(13)14/h2-14,16,24H,15H2,1H3;1-7,9-10,12H,8,11H2. The third-order valence-electron chi connectivity index (χ3n) is 8.85. The Hall–Kier alpha value is -4.16. The van der Waals surface area contributed by atoms with Crippen LogP contribution in [0.25, 0.3) is 23.3 Å². The van der Waals surface area contributed by atoms with Crippen molar-refractivity contribution in [1.29, 1.82) is 0 Å². The molecule has 0 spiro atoms. The molecule has 8 rings (SSSR count). The van der Waals surface area contributed by atoms with E-state index in [1.807, 2.05) is 0 Å². The summed E-state index contributed by atoms with van der Waals surface area (Å²) in [7, 11) is 0. The van der Waals surface area contributed by atoms with Crippen LogP contribution in [0.15, 0.2) is 121 Å². The molecule has 0 aliphatic heterocycles. The van der Waals surface area contributed by atoms with Crippen LogP contribution >= 0.6 is 0 Å². The van der Waals surface area contributed by atoms with Gasteiger partial charge in [-0.25, -0.2) is 0 Å². The van der Waals surface area contributed by atoms with Crippen LogP contribution in [0.5, 0.6) is 0 Å². The second-order valence-corrected chi connectivity index (χ2v) is 11.2. The normalized spacial score (nSPS) is 17.6. The molecule has 0 aromatic heterocycles. The van der Waals surface area contributed by atoms with Gasteiger partial charge in [-0.05, 0) is 86.7 Å². The predicted molar refractivity (Wildman–Crippen MR) is 166 cm³/mol. The highest BCUT2D eigenvalue weighted by molar-refractivity contribution is 5.79. The van der Waals surface area contributed by atoms with E-state index in [0.29, 0.717) is 17.8 Å². The number of rotatable bonds is 4. The average Bonchev–Trinajstić information content (AvgIpc) is 3.78. The average molecular weight is 503 g/mol. The van der Waals surface area contributed by atoms with Crippen molar-refractivity contribution in [3.63, 3.8) is 0 Å². The first-order valence-corrected chi connectivity index (χ1v) is 14.4. The quantitative estimate of drug-likeness (QED) is 0.260. The van der Waals surface area contributed by atoms with E-state index < -0.39 is 0 Å². The fourth-order valence-corrected chi connectivity index (χ4v) is 6.86. The first kappa shape index (κ1) is 23.9. The maximum Gasteiger partial charge on any atom is 0.0142 e. The van der Waals surface area contributed by atoms with E-state index in [1.54, 1.807) is 0 Å². The molecule has 0 radical (unpaired) electrons. The van der Waals surface area contributed by atoms with Crippen LogP contribution in [0.1, 0.15) is 63.3 Å². The topological polar surface area (TPSA) is 0 Å². The van der Waals surface area contributed by atoms with E-state index in [1.165, 1.54) is 55.6 Å². The second kappa shape index (κ2) is 10.2. The second-order valence-electron chi connectivity index (χ2n) is 11.2. The molecule has 0 heteroatoms. The van der Waals surface area contributed by atoms with E-state index in [-0.39, 0.29) is 0 Å². The molecule has 0 saturated heterocycles. The maximum absolute atomic E-state index is 2.32. The number of hydrogen-bond acceptors (Lipinski definition) is 0. The first-order chi connectivity index (χ1) is 19.3. The molecular formula is C39H34. The lowest BCUT2D eigenvalue weighted by Crippen LogP contribution is -2.03. The number of hydrogen-bond donors (Lipinski definition) is 0. The minimum atomic E-state index is 0.466. The molecule has 4 aromatic rings. The van der Waals surface area contributed by atoms with Crippen molar-refractivity contribution in [2.24, 2.45) is 5.92 Å². The summed E-state index contributed by atoms with van der Waals surface area (Å²) in [6.45, 7) is 2.28. The van der Waals surface area contributed by atoms with Crippen LogP contribution in [0.3, 0.4) is 0 Å². The van der Waals surface area contributed by atoms with Gasteiger partial charge in [-0.1, -0.05) is 140 Å². The van der Waals surface area contributed by atoms with Crippen molar-refractivity contribution in [2.45, 2.75) is 38.0 Å². The maximum atomic E-state index is 2.32. The molecule has 0 amide bonds. The summed E-state index contributed by atoms with van der Waals surface area (Å²) >= 11 is 0. The fourth-order valence-electron chi connectivity index (χ4n) is 6.86. The van der Waals surface area contributed by atoms with Gasteiger partial charge >= 0.3 is 0 Å². The van der Waals surface area contributed by atoms with Gasteiger partial charge in [-0.2, -0.15) is 0 Å². The molecule has 0 bridgehead atoms. The van der Waals surface area contributed by atoms with Crippen LogP contribution < -0.4 is 0 Å². The molecule has 39 heavy (non-hydrogen) atoms. The lowest BCUT2D eigenvalue weighted by molar-refractivity contribution is 0.814. The highest BCUT2D eigenvalue weighted by Gasteiger charge is 2.29. The molecule has 4 aromatic carbocycles. The Kier molecular flexibility index (Phi) is 6.25. The molecular weight excluding hydrogens is 468 g/mol. The summed E-state index contributed by atoms with van der Waals surface area (Å²) in [5, 5.41) is 0. The van der Waals surface area contributed by atoms with Crippen molar-refractivity contribution >= 4 is 12.2 Å². The summed E-state index contributed by atoms with van der Waals surface area (Å²) in [6, 6.07) is 31.3. The highest BCUT2D eigenvalue weighted by atomic mass is 14.3. The van der Waals surface area contributed by atoms with Crippen LogP contribution in [0.4, 0.5) is 0 Å². The molecule has 1 unspecified atom stereocenters. The molecule has 0 nitrogen and oxygen atoms in total. The molecule has 0 heterocycles. The van der Waals surface area contributed by atoms with Crippen LogP contribution in [0.2, 0.25) is 0 Å². The molecule has 190 valence electrons. The van der Waals surface area contributed by atoms with Crippen molar-refractivity contribution in [3.05, 3.63) is 166 Å². The van der Waals surface area contributed by atoms with Gasteiger partial charge < -0.3 is 0 Å². The summed E-state index contributed by atoms with van der Waals surface area (Å²) in [5.74, 6) is 1.61. The zero-order chi connectivity index (χ0) is 26.2. The first-order valence-electron chi connectivity index (χ1n) is 14.4. The Balaban J connectivity index is 0.000000145. The van der Waals surface area contributed by atoms with Gasteiger partial charge in [-0.3, -0.25) is 0 Å². The SMILES string of the molecule is C1=CC(Cc2cccc3c2C=CC3)C=C1.CC1C=Cc2c(CC3c4ccccc4-c4ccccc43)cccc21. The fraction of sp³-hybridized carbons (Fsp3) is 0.179. The van der Waals surface area contributed by atoms with Gasteiger partial charge in [0.05, 0.1) is 0 Å². The molecule has 1 atom stereocenters. The van der Waals surface area contributed by atoms with Crippen LogP contribution in [0, 0.1) is 5.92 Å². The lowest BCUT2D eigenvalue weighted by Gasteiger charge is -2.17. The minimum Gasteiger partial charge on any atom is -0.0795 e. The van der Waals surface area contributed by atoms with Gasteiger partial charge in [0.1, 0.15) is 0 Å². The predicted octanol–water partition coefficient (Wildman–Crippen LogP) is 9.71. The largest absolute Gasteiger partial charge is 0.0795 e. The minimum absolute atomic E-state index is 0.466. The molecule has 4 aliphatic carbocycles. The number of fused-ring (bicyclic) bond motifs is 5. The molecule has 0 N–H and O–H groups in total. The van der Waals surface area contributed by atoms with Gasteiger partial charge in [-0.15, -0.1) is 0 Å². The summed E-state index contributed by atoms with van der Waals surface area (Å²) in [4.78, 5) is 0. The Morgan fingerprint density at radius 2 is 1.23 bits per heavy atom. The Bertz CT molecular complexity index is 1600. The van der Waals surface area contributed by atoms with E-state index in [0.717, 1.165) is 19.3 Å². The molecule has 4 aliphatic rings. The Morgan fingerprint density at radius 3 is 1.97 bits per heavy atom. The number of benzene rings is 4. The Morgan fingerprint density at radius 1 is 0.590 bits per heavy atom. The third kappa shape index (κ3) is 4.45. The lowest BCUT2D eigenvalue weighted by atomic mass is 9.87. The van der Waals surface area contributed by atoms with E-state index in [9.17, 15) is 0 Å². The summed E-state index contributed by atoms with van der Waals surface area (Å²) in [5.41, 5.74) is 14.6. The van der Waals surface area contributed by atoms with Crippen molar-refractivity contribution in [1.82, 2.24) is 0 Å². The van der Waals surface area contributed by atoms with Gasteiger partial charge in [0.25, 0.3) is 0 Å². The van der Waals surface area contributed by atoms with E-state index in [2.05, 4.69) is 140 Å². The summed E-state index contributed by atoms with van der Waals surface area (Å²) < 4.78 is 0. The van der Waals surface area contributed by atoms with Gasteiger partial charge in [0.2, 0.25) is 0 Å². The van der Waals surface area contributed by atoms with Crippen molar-refractivity contribution < 1.29 is 0 Å². The molecule has 0 fully saturated rings. The number of allylic oxidation sites excluding steroid dienone is 6. The zero-order valence-corrected chi connectivity index (χ0v) is 22.6. The van der Waals surface area contributed by atoms with Gasteiger partial charge in [0.15, 0.2) is 0 Å². The smallest absolute Gasteiger partial charge is 0.0142 e. The van der Waals surface area contributed by atoms with Crippen LogP contribution in [-0.2, 0) is 19.3 Å². The summed E-state index contributed by atoms with van der Waals surface area (Å²) in [6.07, 6.45) is 21.3. The zero-order valence-electron chi connectivity index (χ0n) is 22.6. The van der Waals surface area contributed by atoms with Crippen molar-refractivity contribution in [3.8, 4) is 11.1 Å². The molecule has 0 saturated carbocycles. The van der Waals surface area contributed by atoms with Crippen LogP contribution in [-0.4, -0.2) is 0 Å². The Labute approximate surface area is 232 Å². The van der Waals surface area contributed by atoms with Gasteiger partial charge in [0, 0.05) is 5.92 Å². The highest BCUT2D eigenvalue weighted by Crippen LogP contribution is 2.47. The third-order valence-corrected chi connectivity index (χ3v) is 8.85. The van der Waals surface area contributed by atoms with E-state index in [4.69, 9.17) is 0 Å². The van der Waals surface area contributed by atoms with Crippen molar-refractivity contribution in [2.75, 3.05) is 0 Å². The van der Waals surface area contributed by atoms with E-state index >= 15 is 0 Å². The monoisotopic (exact) mass is 502 g/mol.